The van der Waals surface area contributed by atoms with Crippen molar-refractivity contribution in [2.45, 2.75) is 39.3 Å². The Labute approximate surface area is 212 Å². The number of hydrogen-bond acceptors (Lipinski definition) is 5. The molecule has 5 nitrogen and oxygen atoms in total. The van der Waals surface area contributed by atoms with Gasteiger partial charge in [-0.15, -0.1) is 0 Å². The number of para-hydroxylation sites is 1. The van der Waals surface area contributed by atoms with Crippen LogP contribution in [0.1, 0.15) is 40.4 Å². The second-order valence-corrected chi connectivity index (χ2v) is 9.38. The van der Waals surface area contributed by atoms with E-state index in [0.29, 0.717) is 18.5 Å². The van der Waals surface area contributed by atoms with Crippen LogP contribution in [0.25, 0.3) is 11.1 Å². The minimum absolute atomic E-state index is 0.282. The van der Waals surface area contributed by atoms with E-state index in [4.69, 9.17) is 4.74 Å². The molecule has 3 aromatic rings. The lowest BCUT2D eigenvalue weighted by Crippen LogP contribution is -2.42. The van der Waals surface area contributed by atoms with Gasteiger partial charge >= 0.3 is 5.97 Å². The molecule has 1 atom stereocenters. The Hall–Kier alpha value is -3.25. The van der Waals surface area contributed by atoms with Gasteiger partial charge < -0.3 is 15.4 Å². The number of nitrogens with one attached hydrogen (secondary N) is 2. The van der Waals surface area contributed by atoms with Crippen LogP contribution < -0.4 is 10.6 Å². The molecule has 35 heavy (non-hydrogen) atoms. The van der Waals surface area contributed by atoms with Gasteiger partial charge in [-0.1, -0.05) is 55.5 Å². The molecular formula is C29H34N2O3S. The van der Waals surface area contributed by atoms with E-state index in [2.05, 4.69) is 41.8 Å². The molecule has 0 aliphatic carbocycles. The second-order valence-electron chi connectivity index (χ2n) is 8.39. The fourth-order valence-electron chi connectivity index (χ4n) is 4.06. The monoisotopic (exact) mass is 490 g/mol. The third-order valence-corrected chi connectivity index (χ3v) is 6.69. The number of carbonyl (C=O) groups is 2. The molecule has 0 aliphatic heterocycles. The predicted octanol–water partition coefficient (Wildman–Crippen LogP) is 5.86. The van der Waals surface area contributed by atoms with E-state index in [1.807, 2.05) is 55.6 Å². The molecule has 0 saturated carbocycles. The molecule has 184 valence electrons. The summed E-state index contributed by atoms with van der Waals surface area (Å²) in [5, 5.41) is 6.43. The molecule has 0 fully saturated rings. The minimum atomic E-state index is -0.684. The molecule has 2 N–H and O–H groups in total. The molecule has 0 spiro atoms. The molecule has 3 rings (SSSR count). The van der Waals surface area contributed by atoms with Crippen molar-refractivity contribution in [3.8, 4) is 11.1 Å². The molecule has 0 radical (unpaired) electrons. The van der Waals surface area contributed by atoms with Crippen molar-refractivity contribution in [1.29, 1.82) is 0 Å². The second kappa shape index (κ2) is 13.0. The topological polar surface area (TPSA) is 67.4 Å². The van der Waals surface area contributed by atoms with Gasteiger partial charge in [-0.25, -0.2) is 4.79 Å². The number of methoxy groups -OCH3 is 1. The Kier molecular flexibility index (Phi) is 9.79. The van der Waals surface area contributed by atoms with E-state index >= 15 is 0 Å². The lowest BCUT2D eigenvalue weighted by Gasteiger charge is -2.19. The Morgan fingerprint density at radius 1 is 1.00 bits per heavy atom. The first-order chi connectivity index (χ1) is 17.0. The average Bonchev–Trinajstić information content (AvgIpc) is 2.89. The average molecular weight is 491 g/mol. The molecule has 6 heteroatoms. The van der Waals surface area contributed by atoms with Crippen LogP contribution in [0.3, 0.4) is 0 Å². The predicted molar refractivity (Wildman–Crippen MR) is 146 cm³/mol. The van der Waals surface area contributed by atoms with Gasteiger partial charge in [0, 0.05) is 17.8 Å². The van der Waals surface area contributed by atoms with E-state index in [9.17, 15) is 9.59 Å². The molecule has 3 aromatic carbocycles. The number of esters is 1. The lowest BCUT2D eigenvalue weighted by atomic mass is 9.93. The maximum Gasteiger partial charge on any atom is 0.328 e. The van der Waals surface area contributed by atoms with Crippen molar-refractivity contribution in [2.24, 2.45) is 0 Å². The molecule has 0 bridgehead atoms. The maximum atomic E-state index is 13.4. The van der Waals surface area contributed by atoms with Crippen LogP contribution in [0.4, 0.5) is 5.69 Å². The van der Waals surface area contributed by atoms with Gasteiger partial charge in [0.1, 0.15) is 6.04 Å². The van der Waals surface area contributed by atoms with Gasteiger partial charge in [0.05, 0.1) is 7.11 Å². The highest BCUT2D eigenvalue weighted by Gasteiger charge is 2.23. The summed E-state index contributed by atoms with van der Waals surface area (Å²) in [6.07, 6.45) is 3.44. The molecule has 0 heterocycles. The van der Waals surface area contributed by atoms with Gasteiger partial charge in [0.25, 0.3) is 5.91 Å². The van der Waals surface area contributed by atoms with Crippen LogP contribution in [0.5, 0.6) is 0 Å². The third kappa shape index (κ3) is 6.89. The first-order valence-electron chi connectivity index (χ1n) is 11.9. The standard InChI is InChI=1S/C29H34N2O3S/c1-5-22-11-7-9-13-26(22)30-19-21-14-15-24(25(18-21)23-12-8-6-10-20(23)2)28(32)31-27(16-17-35-4)29(33)34-3/h6-15,18,27,30H,5,16-17,19H2,1-4H3,(H,31,32). The quantitative estimate of drug-likeness (QED) is 0.330. The number of hydrogen-bond donors (Lipinski definition) is 2. The third-order valence-electron chi connectivity index (χ3n) is 6.05. The summed E-state index contributed by atoms with van der Waals surface area (Å²) < 4.78 is 4.92. The van der Waals surface area contributed by atoms with Crippen LogP contribution >= 0.6 is 11.8 Å². The first kappa shape index (κ1) is 26.4. The number of carbonyl (C=O) groups excluding carboxylic acids is 2. The smallest absolute Gasteiger partial charge is 0.328 e. The Morgan fingerprint density at radius 3 is 2.46 bits per heavy atom. The van der Waals surface area contributed by atoms with Crippen molar-refractivity contribution < 1.29 is 14.3 Å². The number of rotatable bonds is 11. The van der Waals surface area contributed by atoms with Crippen molar-refractivity contribution in [3.63, 3.8) is 0 Å². The van der Waals surface area contributed by atoms with E-state index in [-0.39, 0.29) is 5.91 Å². The lowest BCUT2D eigenvalue weighted by molar-refractivity contribution is -0.142. The van der Waals surface area contributed by atoms with Crippen LogP contribution in [-0.4, -0.2) is 37.0 Å². The summed E-state index contributed by atoms with van der Waals surface area (Å²) in [6.45, 7) is 4.82. The number of aryl methyl sites for hydroxylation is 2. The summed E-state index contributed by atoms with van der Waals surface area (Å²) in [6, 6.07) is 21.5. The SMILES string of the molecule is CCc1ccccc1NCc1ccc(C(=O)NC(CCSC)C(=O)OC)c(-c2ccccc2C)c1. The largest absolute Gasteiger partial charge is 0.467 e. The number of benzene rings is 3. The van der Waals surface area contributed by atoms with E-state index in [1.54, 1.807) is 11.8 Å². The maximum absolute atomic E-state index is 13.4. The summed E-state index contributed by atoms with van der Waals surface area (Å²) in [7, 11) is 1.35. The Balaban J connectivity index is 1.93. The van der Waals surface area contributed by atoms with Gasteiger partial charge in [0.2, 0.25) is 0 Å². The summed E-state index contributed by atoms with van der Waals surface area (Å²) in [5.74, 6) is 0.0324. The zero-order chi connectivity index (χ0) is 25.2. The highest BCUT2D eigenvalue weighted by molar-refractivity contribution is 7.98. The van der Waals surface area contributed by atoms with E-state index < -0.39 is 12.0 Å². The fraction of sp³-hybridized carbons (Fsp3) is 0.310. The number of amides is 1. The summed E-state index contributed by atoms with van der Waals surface area (Å²) in [5.41, 5.74) is 6.90. The summed E-state index contributed by atoms with van der Waals surface area (Å²) >= 11 is 1.62. The van der Waals surface area contributed by atoms with Crippen LogP contribution in [0.2, 0.25) is 0 Å². The molecule has 0 aromatic heterocycles. The highest BCUT2D eigenvalue weighted by Crippen LogP contribution is 2.29. The van der Waals surface area contributed by atoms with Gasteiger partial charge in [-0.3, -0.25) is 4.79 Å². The summed E-state index contributed by atoms with van der Waals surface area (Å²) in [4.78, 5) is 25.6. The number of ether oxygens (including phenoxy) is 1. The molecule has 1 amide bonds. The van der Waals surface area contributed by atoms with Crippen molar-refractivity contribution in [2.75, 3.05) is 24.4 Å². The van der Waals surface area contributed by atoms with E-state index in [0.717, 1.165) is 40.1 Å². The molecule has 0 aliphatic rings. The molecule has 1 unspecified atom stereocenters. The Bertz CT molecular complexity index is 1160. The van der Waals surface area contributed by atoms with E-state index in [1.165, 1.54) is 12.7 Å². The van der Waals surface area contributed by atoms with Crippen molar-refractivity contribution in [3.05, 3.63) is 89.0 Å². The van der Waals surface area contributed by atoms with Gasteiger partial charge in [-0.2, -0.15) is 11.8 Å². The normalized spacial score (nSPS) is 11.5. The van der Waals surface area contributed by atoms with Gasteiger partial charge in [-0.05, 0) is 77.8 Å². The van der Waals surface area contributed by atoms with Crippen LogP contribution in [-0.2, 0) is 22.5 Å². The fourth-order valence-corrected chi connectivity index (χ4v) is 4.53. The van der Waals surface area contributed by atoms with Crippen molar-refractivity contribution >= 4 is 29.3 Å². The highest BCUT2D eigenvalue weighted by atomic mass is 32.2. The molecule has 0 saturated heterocycles. The van der Waals surface area contributed by atoms with Gasteiger partial charge in [0.15, 0.2) is 0 Å². The zero-order valence-corrected chi connectivity index (χ0v) is 21.7. The first-order valence-corrected chi connectivity index (χ1v) is 13.3. The number of anilines is 1. The zero-order valence-electron chi connectivity index (χ0n) is 20.9. The number of thioether (sulfide) groups is 1. The van der Waals surface area contributed by atoms with Crippen LogP contribution in [0, 0.1) is 6.92 Å². The van der Waals surface area contributed by atoms with Crippen LogP contribution in [0.15, 0.2) is 66.7 Å². The minimum Gasteiger partial charge on any atom is -0.467 e. The van der Waals surface area contributed by atoms with Crippen molar-refractivity contribution in [1.82, 2.24) is 5.32 Å². The molecular weight excluding hydrogens is 456 g/mol. The Morgan fingerprint density at radius 2 is 1.74 bits per heavy atom.